The lowest BCUT2D eigenvalue weighted by molar-refractivity contribution is -0.122. The van der Waals surface area contributed by atoms with Gasteiger partial charge in [-0.1, -0.05) is 30.3 Å². The van der Waals surface area contributed by atoms with Crippen molar-refractivity contribution in [3.63, 3.8) is 0 Å². The van der Waals surface area contributed by atoms with Gasteiger partial charge in [-0.2, -0.15) is 0 Å². The van der Waals surface area contributed by atoms with Gasteiger partial charge in [0.15, 0.2) is 0 Å². The van der Waals surface area contributed by atoms with Crippen LogP contribution in [0.25, 0.3) is 0 Å². The van der Waals surface area contributed by atoms with Crippen LogP contribution in [0.2, 0.25) is 0 Å². The second kappa shape index (κ2) is 8.82. The molecule has 34 heavy (non-hydrogen) atoms. The van der Waals surface area contributed by atoms with Crippen molar-refractivity contribution in [2.24, 2.45) is 5.92 Å². The highest BCUT2D eigenvalue weighted by molar-refractivity contribution is 6.15. The van der Waals surface area contributed by atoms with Gasteiger partial charge in [-0.25, -0.2) is 0 Å². The van der Waals surface area contributed by atoms with E-state index < -0.39 is 5.92 Å². The summed E-state index contributed by atoms with van der Waals surface area (Å²) in [5, 5.41) is 5.60. The zero-order chi connectivity index (χ0) is 23.7. The van der Waals surface area contributed by atoms with Crippen LogP contribution < -0.4 is 20.4 Å². The lowest BCUT2D eigenvalue weighted by Gasteiger charge is -2.29. The molecule has 2 aliphatic heterocycles. The maximum absolute atomic E-state index is 13.1. The Morgan fingerprint density at radius 3 is 2.35 bits per heavy atom. The molecule has 1 saturated heterocycles. The summed E-state index contributed by atoms with van der Waals surface area (Å²) in [4.78, 5) is 53.3. The molecule has 0 radical (unpaired) electrons. The summed E-state index contributed by atoms with van der Waals surface area (Å²) < 4.78 is 0. The molecule has 1 atom stereocenters. The topological polar surface area (TPSA) is 98.8 Å². The van der Waals surface area contributed by atoms with Crippen LogP contribution in [0.15, 0.2) is 78.9 Å². The molecule has 3 aromatic carbocycles. The summed E-state index contributed by atoms with van der Waals surface area (Å²) in [7, 11) is 0. The summed E-state index contributed by atoms with van der Waals surface area (Å²) in [6.45, 7) is 0.254. The number of para-hydroxylation sites is 3. The van der Waals surface area contributed by atoms with Gasteiger partial charge in [0.2, 0.25) is 17.7 Å². The first-order chi connectivity index (χ1) is 16.5. The molecule has 0 aliphatic carbocycles. The summed E-state index contributed by atoms with van der Waals surface area (Å²) in [6.07, 6.45) is 0.147. The van der Waals surface area contributed by atoms with Crippen molar-refractivity contribution in [1.82, 2.24) is 0 Å². The fourth-order valence-electron chi connectivity index (χ4n) is 4.25. The molecular formula is C26H22N4O4. The smallest absolute Gasteiger partial charge is 0.258 e. The third-order valence-electron chi connectivity index (χ3n) is 5.98. The zero-order valence-electron chi connectivity index (χ0n) is 18.2. The van der Waals surface area contributed by atoms with Crippen LogP contribution in [-0.4, -0.2) is 36.7 Å². The molecule has 170 valence electrons. The molecule has 0 spiro atoms. The van der Waals surface area contributed by atoms with Crippen molar-refractivity contribution in [2.45, 2.75) is 6.42 Å². The Labute approximate surface area is 196 Å². The van der Waals surface area contributed by atoms with Crippen molar-refractivity contribution in [3.05, 3.63) is 84.4 Å². The minimum absolute atomic E-state index is 0.0675. The molecule has 2 heterocycles. The number of carbonyl (C=O) groups is 4. The molecule has 8 heteroatoms. The van der Waals surface area contributed by atoms with Gasteiger partial charge in [0, 0.05) is 29.9 Å². The number of fused-ring (bicyclic) bond motifs is 1. The number of benzene rings is 3. The van der Waals surface area contributed by atoms with E-state index in [-0.39, 0.29) is 36.6 Å². The van der Waals surface area contributed by atoms with Crippen LogP contribution in [-0.2, 0) is 14.4 Å². The molecule has 2 aliphatic rings. The van der Waals surface area contributed by atoms with Crippen molar-refractivity contribution < 1.29 is 19.2 Å². The number of nitrogens with one attached hydrogen (secondary N) is 2. The highest BCUT2D eigenvalue weighted by Gasteiger charge is 2.35. The van der Waals surface area contributed by atoms with Gasteiger partial charge in [-0.3, -0.25) is 24.1 Å². The standard InChI is InChI=1S/C26H22N4O4/c31-23-16-30(22-9-5-4-8-21(22)28-23)26(34)17-10-12-19(13-11-17)27-25(33)18-14-24(32)29(15-18)20-6-2-1-3-7-20/h1-13,18H,14-16H2,(H,27,33)(H,28,31). The normalized spacial score (nSPS) is 17.2. The van der Waals surface area contributed by atoms with E-state index in [1.54, 1.807) is 47.4 Å². The number of hydrogen-bond acceptors (Lipinski definition) is 4. The number of nitrogens with zero attached hydrogens (tertiary/aromatic N) is 2. The van der Waals surface area contributed by atoms with E-state index >= 15 is 0 Å². The van der Waals surface area contributed by atoms with Crippen LogP contribution >= 0.6 is 0 Å². The van der Waals surface area contributed by atoms with E-state index in [2.05, 4.69) is 10.6 Å². The van der Waals surface area contributed by atoms with Crippen molar-refractivity contribution in [3.8, 4) is 0 Å². The van der Waals surface area contributed by atoms with Gasteiger partial charge in [0.25, 0.3) is 5.91 Å². The Hall–Kier alpha value is -4.46. The summed E-state index contributed by atoms with van der Waals surface area (Å²) in [6, 6.07) is 22.9. The lowest BCUT2D eigenvalue weighted by Crippen LogP contribution is -2.42. The van der Waals surface area contributed by atoms with Crippen LogP contribution in [0.4, 0.5) is 22.7 Å². The van der Waals surface area contributed by atoms with Crippen LogP contribution in [0, 0.1) is 5.92 Å². The van der Waals surface area contributed by atoms with Crippen molar-refractivity contribution in [2.75, 3.05) is 33.5 Å². The Kier molecular flexibility index (Phi) is 5.55. The van der Waals surface area contributed by atoms with E-state index in [1.165, 1.54) is 4.90 Å². The summed E-state index contributed by atoms with van der Waals surface area (Å²) >= 11 is 0. The quantitative estimate of drug-likeness (QED) is 0.632. The summed E-state index contributed by atoms with van der Waals surface area (Å²) in [5.74, 6) is -1.35. The number of amides is 4. The highest BCUT2D eigenvalue weighted by atomic mass is 16.2. The number of anilines is 4. The monoisotopic (exact) mass is 454 g/mol. The Morgan fingerprint density at radius 1 is 0.882 bits per heavy atom. The largest absolute Gasteiger partial charge is 0.326 e. The number of hydrogen-bond donors (Lipinski definition) is 2. The van der Waals surface area contributed by atoms with Gasteiger partial charge in [0.05, 0.1) is 17.3 Å². The van der Waals surface area contributed by atoms with Gasteiger partial charge in [-0.05, 0) is 48.5 Å². The Morgan fingerprint density at radius 2 is 1.59 bits per heavy atom. The van der Waals surface area contributed by atoms with Gasteiger partial charge < -0.3 is 15.5 Å². The zero-order valence-corrected chi connectivity index (χ0v) is 18.2. The third kappa shape index (κ3) is 4.13. The fourth-order valence-corrected chi connectivity index (χ4v) is 4.25. The predicted octanol–water partition coefficient (Wildman–Crippen LogP) is 3.28. The number of rotatable bonds is 4. The average molecular weight is 454 g/mol. The van der Waals surface area contributed by atoms with Gasteiger partial charge >= 0.3 is 0 Å². The van der Waals surface area contributed by atoms with Gasteiger partial charge in [0.1, 0.15) is 6.54 Å². The molecule has 1 unspecified atom stereocenters. The van der Waals surface area contributed by atoms with Crippen molar-refractivity contribution >= 4 is 46.4 Å². The van der Waals surface area contributed by atoms with Crippen LogP contribution in [0.3, 0.4) is 0 Å². The minimum Gasteiger partial charge on any atom is -0.326 e. The molecule has 4 amide bonds. The molecule has 8 nitrogen and oxygen atoms in total. The number of carbonyl (C=O) groups excluding carboxylic acids is 4. The predicted molar refractivity (Wildman–Crippen MR) is 129 cm³/mol. The van der Waals surface area contributed by atoms with E-state index in [0.717, 1.165) is 5.69 Å². The first-order valence-electron chi connectivity index (χ1n) is 11.0. The molecule has 0 saturated carbocycles. The van der Waals surface area contributed by atoms with Crippen LogP contribution in [0.5, 0.6) is 0 Å². The second-order valence-electron chi connectivity index (χ2n) is 8.26. The molecule has 0 aromatic heterocycles. The molecule has 0 bridgehead atoms. The van der Waals surface area contributed by atoms with E-state index in [1.807, 2.05) is 36.4 Å². The lowest BCUT2D eigenvalue weighted by atomic mass is 10.1. The molecular weight excluding hydrogens is 432 g/mol. The molecule has 1 fully saturated rings. The molecule has 5 rings (SSSR count). The second-order valence-corrected chi connectivity index (χ2v) is 8.26. The molecule has 2 N–H and O–H groups in total. The maximum Gasteiger partial charge on any atom is 0.258 e. The Bertz CT molecular complexity index is 1270. The third-order valence-corrected chi connectivity index (χ3v) is 5.98. The first-order valence-corrected chi connectivity index (χ1v) is 11.0. The SMILES string of the molecule is O=C1CN(C(=O)c2ccc(NC(=O)C3CC(=O)N(c4ccccc4)C3)cc2)c2ccccc2N1. The van der Waals surface area contributed by atoms with Gasteiger partial charge in [-0.15, -0.1) is 0 Å². The molecule has 3 aromatic rings. The first kappa shape index (κ1) is 21.4. The summed E-state index contributed by atoms with van der Waals surface area (Å²) in [5.41, 5.74) is 2.93. The fraction of sp³-hybridized carbons (Fsp3) is 0.154. The van der Waals surface area contributed by atoms with E-state index in [9.17, 15) is 19.2 Å². The van der Waals surface area contributed by atoms with E-state index in [4.69, 9.17) is 0 Å². The Balaban J connectivity index is 1.25. The minimum atomic E-state index is -0.461. The highest BCUT2D eigenvalue weighted by Crippen LogP contribution is 2.30. The van der Waals surface area contributed by atoms with E-state index in [0.29, 0.717) is 29.2 Å². The van der Waals surface area contributed by atoms with Crippen LogP contribution in [0.1, 0.15) is 16.8 Å². The maximum atomic E-state index is 13.1. The van der Waals surface area contributed by atoms with Crippen molar-refractivity contribution in [1.29, 1.82) is 0 Å². The average Bonchev–Trinajstić information content (AvgIpc) is 3.26.